The maximum absolute atomic E-state index is 6.38. The summed E-state index contributed by atoms with van der Waals surface area (Å²) in [6.45, 7) is 2.11. The van der Waals surface area contributed by atoms with Crippen molar-refractivity contribution in [2.75, 3.05) is 12.9 Å². The van der Waals surface area contributed by atoms with Crippen molar-refractivity contribution in [1.29, 1.82) is 0 Å². The summed E-state index contributed by atoms with van der Waals surface area (Å²) in [7, 11) is 1.64. The maximum Gasteiger partial charge on any atom is 0.226 e. The van der Waals surface area contributed by atoms with Crippen LogP contribution in [0.25, 0.3) is 27.9 Å². The zero-order valence-electron chi connectivity index (χ0n) is 13.7. The second-order valence-electron chi connectivity index (χ2n) is 5.37. The third kappa shape index (κ3) is 2.81. The van der Waals surface area contributed by atoms with E-state index >= 15 is 0 Å². The van der Waals surface area contributed by atoms with Crippen molar-refractivity contribution in [3.8, 4) is 17.1 Å². The Morgan fingerprint density at radius 3 is 2.64 bits per heavy atom. The molecule has 0 saturated carbocycles. The Bertz CT molecular complexity index is 1060. The Labute approximate surface area is 154 Å². The van der Waals surface area contributed by atoms with Crippen molar-refractivity contribution in [1.82, 2.24) is 19.6 Å². The number of hydrogen-bond acceptors (Lipinski definition) is 5. The highest BCUT2D eigenvalue weighted by atomic mass is 35.5. The van der Waals surface area contributed by atoms with Gasteiger partial charge in [0.15, 0.2) is 11.5 Å². The van der Waals surface area contributed by atoms with Crippen molar-refractivity contribution in [2.24, 2.45) is 0 Å². The summed E-state index contributed by atoms with van der Waals surface area (Å²) in [5.74, 6) is 2.36. The first-order valence-electron chi connectivity index (χ1n) is 7.83. The Morgan fingerprint density at radius 1 is 1.12 bits per heavy atom. The smallest absolute Gasteiger partial charge is 0.226 e. The number of fused-ring (bicyclic) bond motifs is 3. The van der Waals surface area contributed by atoms with E-state index in [-0.39, 0.29) is 0 Å². The van der Waals surface area contributed by atoms with E-state index in [1.54, 1.807) is 23.4 Å². The number of benzene rings is 2. The first kappa shape index (κ1) is 16.2. The molecule has 5 nitrogen and oxygen atoms in total. The lowest BCUT2D eigenvalue weighted by atomic mass is 10.2. The Balaban J connectivity index is 1.93. The van der Waals surface area contributed by atoms with Crippen LogP contribution in [0.1, 0.15) is 6.92 Å². The number of methoxy groups -OCH3 is 1. The molecule has 7 heteroatoms. The third-order valence-electron chi connectivity index (χ3n) is 3.87. The summed E-state index contributed by atoms with van der Waals surface area (Å²) in [4.78, 5) is 10.3. The van der Waals surface area contributed by atoms with Crippen LogP contribution in [0.5, 0.6) is 5.75 Å². The van der Waals surface area contributed by atoms with Crippen molar-refractivity contribution in [2.45, 2.75) is 11.8 Å². The number of para-hydroxylation sites is 1. The van der Waals surface area contributed by atoms with E-state index in [1.165, 1.54) is 0 Å². The molecule has 0 aliphatic carbocycles. The van der Waals surface area contributed by atoms with Crippen LogP contribution in [0.15, 0.2) is 47.4 Å². The molecule has 4 rings (SSSR count). The molecule has 0 radical (unpaired) electrons. The zero-order valence-corrected chi connectivity index (χ0v) is 15.3. The average molecular weight is 371 g/mol. The monoisotopic (exact) mass is 370 g/mol. The molecule has 0 spiro atoms. The van der Waals surface area contributed by atoms with Gasteiger partial charge in [-0.25, -0.2) is 9.97 Å². The molecule has 0 aliphatic heterocycles. The zero-order chi connectivity index (χ0) is 17.4. The van der Waals surface area contributed by atoms with E-state index in [0.29, 0.717) is 16.8 Å². The molecule has 2 heterocycles. The number of rotatable bonds is 4. The van der Waals surface area contributed by atoms with E-state index in [9.17, 15) is 0 Å². The molecule has 0 amide bonds. The van der Waals surface area contributed by atoms with Crippen LogP contribution >= 0.6 is 23.4 Å². The second-order valence-corrected chi connectivity index (χ2v) is 7.01. The van der Waals surface area contributed by atoms with E-state index in [2.05, 4.69) is 23.1 Å². The van der Waals surface area contributed by atoms with Crippen molar-refractivity contribution >= 4 is 39.9 Å². The van der Waals surface area contributed by atoms with Gasteiger partial charge in [0.25, 0.3) is 0 Å². The van der Waals surface area contributed by atoms with E-state index < -0.39 is 0 Å². The fraction of sp³-hybridized carbons (Fsp3) is 0.167. The number of hydrogen-bond donors (Lipinski definition) is 0. The third-order valence-corrected chi connectivity index (χ3v) is 5.05. The van der Waals surface area contributed by atoms with Gasteiger partial charge in [-0.15, -0.1) is 16.9 Å². The quantitative estimate of drug-likeness (QED) is 0.384. The van der Waals surface area contributed by atoms with E-state index in [0.717, 1.165) is 32.9 Å². The van der Waals surface area contributed by atoms with E-state index in [1.807, 2.05) is 36.4 Å². The second kappa shape index (κ2) is 6.54. The van der Waals surface area contributed by atoms with Gasteiger partial charge in [0.05, 0.1) is 12.6 Å². The minimum Gasteiger partial charge on any atom is -0.497 e. The van der Waals surface area contributed by atoms with Gasteiger partial charge in [0.1, 0.15) is 5.75 Å². The highest BCUT2D eigenvalue weighted by Gasteiger charge is 2.15. The van der Waals surface area contributed by atoms with Crippen LogP contribution in [0.4, 0.5) is 0 Å². The predicted octanol–water partition coefficient (Wildman–Crippen LogP) is 4.72. The number of thioether (sulfide) groups is 1. The highest BCUT2D eigenvalue weighted by Crippen LogP contribution is 2.31. The molecule has 0 aliphatic rings. The summed E-state index contributed by atoms with van der Waals surface area (Å²) in [5.41, 5.74) is 2.47. The molecule has 2 aromatic heterocycles. The topological polar surface area (TPSA) is 52.3 Å². The van der Waals surface area contributed by atoms with Crippen molar-refractivity contribution in [3.05, 3.63) is 47.7 Å². The van der Waals surface area contributed by atoms with Gasteiger partial charge in [-0.2, -0.15) is 4.52 Å². The standard InChI is InChI=1S/C18H15ClN4OS/c1-3-25-14-6-4-5-13-15(14)20-18(19)23-17(13)21-16(22-23)11-7-9-12(24-2)10-8-11/h4-10H,3H2,1-2H3. The molecule has 0 N–H and O–H groups in total. The molecule has 0 unspecified atom stereocenters. The SMILES string of the molecule is CCSc1cccc2c1nc(Cl)n1nc(-c3ccc(OC)cc3)nc21. The summed E-state index contributed by atoms with van der Waals surface area (Å²) < 4.78 is 6.78. The van der Waals surface area contributed by atoms with Gasteiger partial charge < -0.3 is 4.74 Å². The lowest BCUT2D eigenvalue weighted by Crippen LogP contribution is -1.96. The van der Waals surface area contributed by atoms with Crippen LogP contribution < -0.4 is 4.74 Å². The minimum atomic E-state index is 0.305. The predicted molar refractivity (Wildman–Crippen MR) is 102 cm³/mol. The first-order chi connectivity index (χ1) is 12.2. The number of halogens is 1. The molecular formula is C18H15ClN4OS. The van der Waals surface area contributed by atoms with Crippen LogP contribution in [0, 0.1) is 0 Å². The first-order valence-corrected chi connectivity index (χ1v) is 9.20. The molecule has 2 aromatic carbocycles. The van der Waals surface area contributed by atoms with Crippen LogP contribution in [0.3, 0.4) is 0 Å². The van der Waals surface area contributed by atoms with Gasteiger partial charge in [-0.1, -0.05) is 13.0 Å². The minimum absolute atomic E-state index is 0.305. The van der Waals surface area contributed by atoms with Gasteiger partial charge >= 0.3 is 0 Å². The molecule has 0 saturated heterocycles. The highest BCUT2D eigenvalue weighted by molar-refractivity contribution is 7.99. The molecule has 4 aromatic rings. The molecular weight excluding hydrogens is 356 g/mol. The van der Waals surface area contributed by atoms with Gasteiger partial charge in [-0.05, 0) is 53.8 Å². The molecule has 25 heavy (non-hydrogen) atoms. The fourth-order valence-electron chi connectivity index (χ4n) is 2.71. The number of aromatic nitrogens is 4. The summed E-state index contributed by atoms with van der Waals surface area (Å²) in [6, 6.07) is 13.7. The van der Waals surface area contributed by atoms with Crippen molar-refractivity contribution in [3.63, 3.8) is 0 Å². The molecule has 0 atom stereocenters. The van der Waals surface area contributed by atoms with Gasteiger partial charge in [-0.3, -0.25) is 0 Å². The number of ether oxygens (including phenoxy) is 1. The maximum atomic E-state index is 6.38. The Morgan fingerprint density at radius 2 is 1.92 bits per heavy atom. The van der Waals surface area contributed by atoms with Crippen LogP contribution in [-0.4, -0.2) is 32.4 Å². The summed E-state index contributed by atoms with van der Waals surface area (Å²) in [6.07, 6.45) is 0. The fourth-order valence-corrected chi connectivity index (χ4v) is 3.69. The molecule has 126 valence electrons. The van der Waals surface area contributed by atoms with Crippen LogP contribution in [-0.2, 0) is 0 Å². The van der Waals surface area contributed by atoms with Gasteiger partial charge in [0.2, 0.25) is 5.28 Å². The normalized spacial score (nSPS) is 11.3. The molecule has 0 bridgehead atoms. The van der Waals surface area contributed by atoms with Gasteiger partial charge in [0, 0.05) is 15.8 Å². The lowest BCUT2D eigenvalue weighted by molar-refractivity contribution is 0.415. The summed E-state index contributed by atoms with van der Waals surface area (Å²) in [5, 5.41) is 5.77. The number of nitrogens with zero attached hydrogens (tertiary/aromatic N) is 4. The largest absolute Gasteiger partial charge is 0.497 e. The average Bonchev–Trinajstić information content (AvgIpc) is 3.09. The lowest BCUT2D eigenvalue weighted by Gasteiger charge is -2.05. The van der Waals surface area contributed by atoms with Crippen LogP contribution in [0.2, 0.25) is 5.28 Å². The molecule has 0 fully saturated rings. The van der Waals surface area contributed by atoms with E-state index in [4.69, 9.17) is 21.3 Å². The Kier molecular flexibility index (Phi) is 4.23. The van der Waals surface area contributed by atoms with Crippen molar-refractivity contribution < 1.29 is 4.74 Å². The Hall–Kier alpha value is -2.31. The summed E-state index contributed by atoms with van der Waals surface area (Å²) >= 11 is 8.11.